The average molecular weight is 468 g/mol. The number of benzene rings is 2. The van der Waals surface area contributed by atoms with E-state index in [0.29, 0.717) is 19.5 Å². The van der Waals surface area contributed by atoms with Crippen LogP contribution in [0.1, 0.15) is 11.3 Å². The Morgan fingerprint density at radius 2 is 1.64 bits per heavy atom. The Labute approximate surface area is 198 Å². The van der Waals surface area contributed by atoms with Gasteiger partial charge in [-0.3, -0.25) is 9.69 Å². The molecule has 7 nitrogen and oxygen atoms in total. The summed E-state index contributed by atoms with van der Waals surface area (Å²) in [5, 5.41) is 2.89. The van der Waals surface area contributed by atoms with E-state index < -0.39 is 0 Å². The van der Waals surface area contributed by atoms with Gasteiger partial charge in [-0.05, 0) is 42.5 Å². The molecule has 1 saturated heterocycles. The van der Waals surface area contributed by atoms with Crippen molar-refractivity contribution in [2.24, 2.45) is 0 Å². The molecule has 0 radical (unpaired) electrons. The van der Waals surface area contributed by atoms with Crippen LogP contribution in [0.4, 0.5) is 0 Å². The van der Waals surface area contributed by atoms with Gasteiger partial charge in [-0.1, -0.05) is 0 Å². The number of aromatic nitrogens is 1. The quantitative estimate of drug-likeness (QED) is 0.503. The zero-order valence-electron chi connectivity index (χ0n) is 19.2. The second kappa shape index (κ2) is 10.7. The number of methoxy groups -OCH3 is 3. The van der Waals surface area contributed by atoms with Crippen LogP contribution >= 0.6 is 11.3 Å². The number of ether oxygens (including phenoxy) is 3. The van der Waals surface area contributed by atoms with Crippen LogP contribution in [0.15, 0.2) is 47.8 Å². The molecule has 0 unspecified atom stereocenters. The van der Waals surface area contributed by atoms with Gasteiger partial charge in [-0.25, -0.2) is 4.98 Å². The summed E-state index contributed by atoms with van der Waals surface area (Å²) in [6.07, 6.45) is 0.330. The summed E-state index contributed by atoms with van der Waals surface area (Å²) in [6, 6.07) is 13.7. The molecule has 1 aliphatic heterocycles. The minimum absolute atomic E-state index is 0.125. The summed E-state index contributed by atoms with van der Waals surface area (Å²) in [6.45, 7) is 3.82. The van der Waals surface area contributed by atoms with Crippen molar-refractivity contribution in [1.82, 2.24) is 14.8 Å². The molecule has 0 N–H and O–H groups in total. The Bertz CT molecular complexity index is 1080. The highest BCUT2D eigenvalue weighted by atomic mass is 32.1. The first-order valence-corrected chi connectivity index (χ1v) is 11.8. The van der Waals surface area contributed by atoms with E-state index in [9.17, 15) is 4.79 Å². The fraction of sp³-hybridized carbons (Fsp3) is 0.360. The first kappa shape index (κ1) is 23.1. The molecule has 3 aromatic rings. The van der Waals surface area contributed by atoms with Crippen LogP contribution in [0, 0.1) is 0 Å². The SMILES string of the molecule is COc1ccc(-c2nc(CC(=O)N3CCN(Cc4cc(OC)ccc4OC)CC3)cs2)cc1. The predicted molar refractivity (Wildman–Crippen MR) is 129 cm³/mol. The van der Waals surface area contributed by atoms with Crippen LogP contribution in [0.2, 0.25) is 0 Å². The molecule has 2 heterocycles. The third-order valence-electron chi connectivity index (χ3n) is 5.83. The van der Waals surface area contributed by atoms with E-state index in [0.717, 1.165) is 58.7 Å². The minimum atomic E-state index is 0.125. The van der Waals surface area contributed by atoms with Crippen molar-refractivity contribution in [3.05, 3.63) is 59.1 Å². The highest BCUT2D eigenvalue weighted by molar-refractivity contribution is 7.13. The summed E-state index contributed by atoms with van der Waals surface area (Å²) in [4.78, 5) is 21.8. The zero-order chi connectivity index (χ0) is 23.2. The topological polar surface area (TPSA) is 64.1 Å². The number of hydrogen-bond donors (Lipinski definition) is 0. The summed E-state index contributed by atoms with van der Waals surface area (Å²) in [5.41, 5.74) is 2.94. The second-order valence-corrected chi connectivity index (χ2v) is 8.74. The second-order valence-electron chi connectivity index (χ2n) is 7.88. The third-order valence-corrected chi connectivity index (χ3v) is 6.77. The van der Waals surface area contributed by atoms with Crippen molar-refractivity contribution in [2.75, 3.05) is 47.5 Å². The molecule has 1 amide bonds. The van der Waals surface area contributed by atoms with E-state index in [2.05, 4.69) is 9.88 Å². The molecule has 2 aromatic carbocycles. The van der Waals surface area contributed by atoms with Gasteiger partial charge in [0, 0.05) is 49.2 Å². The van der Waals surface area contributed by atoms with Gasteiger partial charge in [-0.2, -0.15) is 0 Å². The van der Waals surface area contributed by atoms with E-state index in [1.54, 1.807) is 32.7 Å². The zero-order valence-corrected chi connectivity index (χ0v) is 20.1. The van der Waals surface area contributed by atoms with Crippen LogP contribution in [0.5, 0.6) is 17.2 Å². The number of hydrogen-bond acceptors (Lipinski definition) is 7. The number of amides is 1. The highest BCUT2D eigenvalue weighted by Crippen LogP contribution is 2.27. The predicted octanol–water partition coefficient (Wildman–Crippen LogP) is 3.72. The van der Waals surface area contributed by atoms with Crippen molar-refractivity contribution in [3.8, 4) is 27.8 Å². The molecule has 0 spiro atoms. The highest BCUT2D eigenvalue weighted by Gasteiger charge is 2.23. The molecule has 1 aliphatic rings. The molecular weight excluding hydrogens is 438 g/mol. The molecular formula is C25H29N3O4S. The number of nitrogens with zero attached hydrogens (tertiary/aromatic N) is 3. The minimum Gasteiger partial charge on any atom is -0.497 e. The lowest BCUT2D eigenvalue weighted by molar-refractivity contribution is -0.132. The van der Waals surface area contributed by atoms with E-state index in [-0.39, 0.29) is 5.91 Å². The maximum Gasteiger partial charge on any atom is 0.228 e. The summed E-state index contributed by atoms with van der Waals surface area (Å²) >= 11 is 1.56. The van der Waals surface area contributed by atoms with E-state index >= 15 is 0 Å². The Balaban J connectivity index is 1.30. The molecule has 1 fully saturated rings. The van der Waals surface area contributed by atoms with Gasteiger partial charge < -0.3 is 19.1 Å². The van der Waals surface area contributed by atoms with Gasteiger partial charge in [0.05, 0.1) is 33.4 Å². The molecule has 174 valence electrons. The number of carbonyl (C=O) groups is 1. The maximum atomic E-state index is 12.9. The summed E-state index contributed by atoms with van der Waals surface area (Å²) < 4.78 is 16.1. The molecule has 0 aliphatic carbocycles. The van der Waals surface area contributed by atoms with Gasteiger partial charge in [0.1, 0.15) is 22.3 Å². The van der Waals surface area contributed by atoms with Gasteiger partial charge in [-0.15, -0.1) is 11.3 Å². The normalized spacial score (nSPS) is 14.2. The third kappa shape index (κ3) is 5.64. The van der Waals surface area contributed by atoms with Crippen LogP contribution in [0.3, 0.4) is 0 Å². The smallest absolute Gasteiger partial charge is 0.228 e. The van der Waals surface area contributed by atoms with Crippen molar-refractivity contribution >= 4 is 17.2 Å². The van der Waals surface area contributed by atoms with Crippen molar-refractivity contribution in [2.45, 2.75) is 13.0 Å². The molecule has 4 rings (SSSR count). The largest absolute Gasteiger partial charge is 0.497 e. The fourth-order valence-electron chi connectivity index (χ4n) is 3.92. The molecule has 0 atom stereocenters. The average Bonchev–Trinajstić information content (AvgIpc) is 3.32. The van der Waals surface area contributed by atoms with Gasteiger partial charge in [0.25, 0.3) is 0 Å². The first-order chi connectivity index (χ1) is 16.1. The van der Waals surface area contributed by atoms with Crippen molar-refractivity contribution < 1.29 is 19.0 Å². The maximum absolute atomic E-state index is 12.9. The molecule has 0 saturated carbocycles. The fourth-order valence-corrected chi connectivity index (χ4v) is 4.75. The monoisotopic (exact) mass is 467 g/mol. The summed E-state index contributed by atoms with van der Waals surface area (Å²) in [7, 11) is 5.00. The Morgan fingerprint density at radius 3 is 2.30 bits per heavy atom. The molecule has 1 aromatic heterocycles. The molecule has 8 heteroatoms. The van der Waals surface area contributed by atoms with E-state index in [1.165, 1.54) is 0 Å². The number of rotatable bonds is 8. The Morgan fingerprint density at radius 1 is 0.939 bits per heavy atom. The number of thiazole rings is 1. The van der Waals surface area contributed by atoms with E-state index in [1.807, 2.05) is 52.7 Å². The summed E-state index contributed by atoms with van der Waals surface area (Å²) in [5.74, 6) is 2.61. The van der Waals surface area contributed by atoms with Gasteiger partial charge >= 0.3 is 0 Å². The number of carbonyl (C=O) groups excluding carboxylic acids is 1. The first-order valence-electron chi connectivity index (χ1n) is 10.9. The lowest BCUT2D eigenvalue weighted by atomic mass is 10.1. The lowest BCUT2D eigenvalue weighted by Gasteiger charge is -2.35. The standard InChI is InChI=1S/C25H29N3O4S/c1-30-21-6-4-18(5-7-21)25-26-20(17-33-25)15-24(29)28-12-10-27(11-13-28)16-19-14-22(31-2)8-9-23(19)32-3/h4-9,14,17H,10-13,15-16H2,1-3H3. The Hall–Kier alpha value is -3.10. The van der Waals surface area contributed by atoms with Gasteiger partial charge in [0.2, 0.25) is 5.91 Å². The number of piperazine rings is 1. The van der Waals surface area contributed by atoms with Crippen LogP contribution in [0.25, 0.3) is 10.6 Å². The van der Waals surface area contributed by atoms with Crippen LogP contribution in [-0.4, -0.2) is 68.2 Å². The van der Waals surface area contributed by atoms with Crippen molar-refractivity contribution in [1.29, 1.82) is 0 Å². The Kier molecular flexibility index (Phi) is 7.47. The van der Waals surface area contributed by atoms with Crippen LogP contribution < -0.4 is 14.2 Å². The van der Waals surface area contributed by atoms with Gasteiger partial charge in [0.15, 0.2) is 0 Å². The van der Waals surface area contributed by atoms with Crippen molar-refractivity contribution in [3.63, 3.8) is 0 Å². The van der Waals surface area contributed by atoms with Crippen LogP contribution in [-0.2, 0) is 17.8 Å². The molecule has 33 heavy (non-hydrogen) atoms. The lowest BCUT2D eigenvalue weighted by Crippen LogP contribution is -2.48. The van der Waals surface area contributed by atoms with E-state index in [4.69, 9.17) is 14.2 Å². The molecule has 0 bridgehead atoms.